The van der Waals surface area contributed by atoms with Crippen LogP contribution in [0.15, 0.2) is 48.5 Å². The summed E-state index contributed by atoms with van der Waals surface area (Å²) < 4.78 is 5.42. The minimum Gasteiger partial charge on any atom is -0.497 e. The number of aromatic nitrogens is 2. The lowest BCUT2D eigenvalue weighted by molar-refractivity contribution is -0.129. The molecule has 0 aliphatic carbocycles. The lowest BCUT2D eigenvalue weighted by Crippen LogP contribution is -2.38. The fraction of sp³-hybridized carbons (Fsp3) is 0.484. The molecule has 1 aliphatic heterocycles. The van der Waals surface area contributed by atoms with Gasteiger partial charge in [0.15, 0.2) is 0 Å². The third-order valence-corrected chi connectivity index (χ3v) is 7.49. The van der Waals surface area contributed by atoms with Crippen molar-refractivity contribution in [1.82, 2.24) is 25.7 Å². The highest BCUT2D eigenvalue weighted by molar-refractivity contribution is 5.91. The van der Waals surface area contributed by atoms with Gasteiger partial charge in [-0.25, -0.2) is 10.5 Å². The zero-order valence-corrected chi connectivity index (χ0v) is 24.4. The van der Waals surface area contributed by atoms with Crippen LogP contribution in [0.25, 0.3) is 10.9 Å². The Labute approximate surface area is 247 Å². The molecule has 0 spiro atoms. The van der Waals surface area contributed by atoms with Gasteiger partial charge in [-0.3, -0.25) is 19.7 Å². The maximum atomic E-state index is 12.2. The van der Waals surface area contributed by atoms with Gasteiger partial charge in [0.1, 0.15) is 11.6 Å². The Morgan fingerprint density at radius 2 is 1.69 bits per heavy atom. The Balaban J connectivity index is 1.25. The quantitative estimate of drug-likeness (QED) is 0.0967. The number of fused-ring (bicyclic) bond motifs is 1. The molecule has 0 atom stereocenters. The number of piperidine rings is 1. The molecule has 0 bridgehead atoms. The smallest absolute Gasteiger partial charge is 0.243 e. The topological polar surface area (TPSA) is 141 Å². The van der Waals surface area contributed by atoms with E-state index >= 15 is 0 Å². The first-order valence-corrected chi connectivity index (χ1v) is 14.9. The van der Waals surface area contributed by atoms with E-state index in [1.165, 1.54) is 5.56 Å². The van der Waals surface area contributed by atoms with Crippen molar-refractivity contribution in [3.05, 3.63) is 54.1 Å². The van der Waals surface area contributed by atoms with Gasteiger partial charge in [-0.15, -0.1) is 0 Å². The summed E-state index contributed by atoms with van der Waals surface area (Å²) in [4.78, 5) is 35.2. The fourth-order valence-corrected chi connectivity index (χ4v) is 5.14. The summed E-state index contributed by atoms with van der Waals surface area (Å²) in [6, 6.07) is 16.7. The largest absolute Gasteiger partial charge is 0.497 e. The van der Waals surface area contributed by atoms with Crippen molar-refractivity contribution in [2.75, 3.05) is 43.9 Å². The SMILES string of the molecule is COc1ccc2c(NC3CCN(Cc4ccccc4)CC3)nc(NCCNC(=O)CCCCCCC(=O)NO)nc2c1. The predicted octanol–water partition coefficient (Wildman–Crippen LogP) is 4.09. The molecule has 11 heteroatoms. The average molecular weight is 578 g/mol. The van der Waals surface area contributed by atoms with Crippen LogP contribution in [0.4, 0.5) is 11.8 Å². The minimum absolute atomic E-state index is 0.00460. The average Bonchev–Trinajstić information content (AvgIpc) is 3.02. The number of unbranched alkanes of at least 4 members (excludes halogenated alkanes) is 3. The number of carbonyl (C=O) groups excluding carboxylic acids is 2. The number of hydroxylamine groups is 1. The molecule has 1 fully saturated rings. The molecular formula is C31H43N7O4. The van der Waals surface area contributed by atoms with Crippen LogP contribution in [0.2, 0.25) is 0 Å². The first-order valence-electron chi connectivity index (χ1n) is 14.9. The zero-order chi connectivity index (χ0) is 29.6. The molecule has 0 saturated carbocycles. The maximum Gasteiger partial charge on any atom is 0.243 e. The van der Waals surface area contributed by atoms with Gasteiger partial charge in [0.25, 0.3) is 0 Å². The Kier molecular flexibility index (Phi) is 12.2. The van der Waals surface area contributed by atoms with Gasteiger partial charge >= 0.3 is 0 Å². The van der Waals surface area contributed by atoms with Crippen molar-refractivity contribution >= 4 is 34.5 Å². The summed E-state index contributed by atoms with van der Waals surface area (Å²) in [6.07, 6.45) is 5.95. The van der Waals surface area contributed by atoms with E-state index < -0.39 is 0 Å². The zero-order valence-electron chi connectivity index (χ0n) is 24.4. The first kappa shape index (κ1) is 31.0. The predicted molar refractivity (Wildman–Crippen MR) is 164 cm³/mol. The Morgan fingerprint density at radius 3 is 2.40 bits per heavy atom. The molecule has 0 radical (unpaired) electrons. The molecule has 4 rings (SSSR count). The molecular weight excluding hydrogens is 534 g/mol. The van der Waals surface area contributed by atoms with Crippen molar-refractivity contribution < 1.29 is 19.5 Å². The van der Waals surface area contributed by atoms with Crippen LogP contribution in [0.1, 0.15) is 56.9 Å². The second kappa shape index (κ2) is 16.5. The number of benzene rings is 2. The molecule has 1 saturated heterocycles. The summed E-state index contributed by atoms with van der Waals surface area (Å²) >= 11 is 0. The number of hydrogen-bond donors (Lipinski definition) is 5. The van der Waals surface area contributed by atoms with Crippen LogP contribution in [0.5, 0.6) is 5.75 Å². The molecule has 11 nitrogen and oxygen atoms in total. The van der Waals surface area contributed by atoms with Crippen molar-refractivity contribution in [3.63, 3.8) is 0 Å². The number of hydrogen-bond acceptors (Lipinski definition) is 9. The molecule has 3 aromatic rings. The number of methoxy groups -OCH3 is 1. The summed E-state index contributed by atoms with van der Waals surface area (Å²) in [5.41, 5.74) is 3.76. The minimum atomic E-state index is -0.377. The second-order valence-corrected chi connectivity index (χ2v) is 10.7. The van der Waals surface area contributed by atoms with Gasteiger partial charge in [0.2, 0.25) is 17.8 Å². The fourth-order valence-electron chi connectivity index (χ4n) is 5.14. The molecule has 1 aromatic heterocycles. The lowest BCUT2D eigenvalue weighted by atomic mass is 10.0. The highest BCUT2D eigenvalue weighted by Crippen LogP contribution is 2.28. The third kappa shape index (κ3) is 9.85. The molecule has 2 amide bonds. The van der Waals surface area contributed by atoms with E-state index in [0.717, 1.165) is 74.2 Å². The van der Waals surface area contributed by atoms with Crippen LogP contribution in [-0.4, -0.2) is 71.2 Å². The van der Waals surface area contributed by atoms with Crippen molar-refractivity contribution in [2.45, 2.75) is 64.0 Å². The molecule has 5 N–H and O–H groups in total. The van der Waals surface area contributed by atoms with Gasteiger partial charge < -0.3 is 20.7 Å². The number of likely N-dealkylation sites (tertiary alicyclic amines) is 1. The van der Waals surface area contributed by atoms with Gasteiger partial charge in [-0.05, 0) is 43.4 Å². The standard InChI is InChI=1S/C31H43N7O4/c1-42-25-13-14-26-27(21-25)35-31(33-18-17-32-28(39)11-7-2-3-8-12-29(40)37-41)36-30(26)34-24-15-19-38(20-16-24)22-23-9-5-4-6-10-23/h4-6,9-10,13-14,21,24,41H,2-3,7-8,11-12,15-20,22H2,1H3,(H,32,39)(H,37,40)(H2,33,34,35,36). The lowest BCUT2D eigenvalue weighted by Gasteiger charge is -2.32. The normalized spacial score (nSPS) is 14.0. The van der Waals surface area contributed by atoms with Crippen molar-refractivity contribution in [3.8, 4) is 5.75 Å². The third-order valence-electron chi connectivity index (χ3n) is 7.49. The number of ether oxygens (including phenoxy) is 1. The van der Waals surface area contributed by atoms with E-state index in [1.807, 2.05) is 18.2 Å². The van der Waals surface area contributed by atoms with E-state index in [4.69, 9.17) is 19.9 Å². The Morgan fingerprint density at radius 1 is 0.952 bits per heavy atom. The monoisotopic (exact) mass is 577 g/mol. The second-order valence-electron chi connectivity index (χ2n) is 10.7. The molecule has 2 aromatic carbocycles. The van der Waals surface area contributed by atoms with Gasteiger partial charge in [0, 0.05) is 63.1 Å². The Bertz CT molecular complexity index is 1280. The molecule has 42 heavy (non-hydrogen) atoms. The molecule has 226 valence electrons. The summed E-state index contributed by atoms with van der Waals surface area (Å²) in [5.74, 6) is 1.65. The van der Waals surface area contributed by atoms with Crippen molar-refractivity contribution in [1.29, 1.82) is 0 Å². The number of nitrogens with one attached hydrogen (secondary N) is 4. The highest BCUT2D eigenvalue weighted by Gasteiger charge is 2.21. The van der Waals surface area contributed by atoms with Gasteiger partial charge in [0.05, 0.1) is 12.6 Å². The van der Waals surface area contributed by atoms with Crippen LogP contribution in [-0.2, 0) is 16.1 Å². The maximum absolute atomic E-state index is 12.2. The van der Waals surface area contributed by atoms with Gasteiger partial charge in [-0.1, -0.05) is 43.2 Å². The Hall–Kier alpha value is -3.96. The number of rotatable bonds is 16. The number of anilines is 2. The van der Waals surface area contributed by atoms with Crippen LogP contribution >= 0.6 is 0 Å². The van der Waals surface area contributed by atoms with E-state index in [2.05, 4.69) is 51.2 Å². The summed E-state index contributed by atoms with van der Waals surface area (Å²) in [7, 11) is 1.64. The van der Waals surface area contributed by atoms with E-state index in [9.17, 15) is 9.59 Å². The highest BCUT2D eigenvalue weighted by atomic mass is 16.5. The number of amides is 2. The number of carbonyl (C=O) groups is 2. The number of nitrogens with zero attached hydrogens (tertiary/aromatic N) is 3. The summed E-state index contributed by atoms with van der Waals surface area (Å²) in [6.45, 7) is 3.97. The van der Waals surface area contributed by atoms with Crippen LogP contribution < -0.4 is 26.2 Å². The van der Waals surface area contributed by atoms with Crippen LogP contribution in [0.3, 0.4) is 0 Å². The van der Waals surface area contributed by atoms with Crippen LogP contribution in [0, 0.1) is 0 Å². The molecule has 0 unspecified atom stereocenters. The van der Waals surface area contributed by atoms with Gasteiger partial charge in [-0.2, -0.15) is 4.98 Å². The van der Waals surface area contributed by atoms with Crippen molar-refractivity contribution in [2.24, 2.45) is 0 Å². The molecule has 2 heterocycles. The van der Waals surface area contributed by atoms with E-state index in [1.54, 1.807) is 12.6 Å². The van der Waals surface area contributed by atoms with E-state index in [0.29, 0.717) is 44.3 Å². The van der Waals surface area contributed by atoms with E-state index in [-0.39, 0.29) is 11.8 Å². The molecule has 1 aliphatic rings. The summed E-state index contributed by atoms with van der Waals surface area (Å²) in [5, 5.41) is 19.3. The first-order chi connectivity index (χ1) is 20.5.